The number of hydrogen-bond acceptors (Lipinski definition) is 7. The average molecular weight is 512 g/mol. The van der Waals surface area contributed by atoms with Crippen LogP contribution in [0.4, 0.5) is 24.7 Å². The first kappa shape index (κ1) is 21.2. The van der Waals surface area contributed by atoms with Gasteiger partial charge in [0.25, 0.3) is 0 Å². The highest BCUT2D eigenvalue weighted by molar-refractivity contribution is 9.10. The van der Waals surface area contributed by atoms with E-state index in [2.05, 4.69) is 31.2 Å². The molecule has 3 aromatic rings. The first-order valence-corrected chi connectivity index (χ1v) is 10.5. The van der Waals surface area contributed by atoms with Crippen LogP contribution in [0, 0.1) is 11.6 Å². The van der Waals surface area contributed by atoms with Gasteiger partial charge in [-0.3, -0.25) is 0 Å². The van der Waals surface area contributed by atoms with Crippen molar-refractivity contribution in [1.82, 2.24) is 9.97 Å². The van der Waals surface area contributed by atoms with Gasteiger partial charge in [-0.1, -0.05) is 0 Å². The molecule has 1 aromatic heterocycles. The monoisotopic (exact) mass is 511 g/mol. The molecule has 5 rings (SSSR count). The molecule has 2 fully saturated rings. The Morgan fingerprint density at radius 3 is 2.66 bits per heavy atom. The molecule has 168 valence electrons. The van der Waals surface area contributed by atoms with E-state index >= 15 is 0 Å². The number of halogens is 4. The molecule has 0 aliphatic carbocycles. The fourth-order valence-electron chi connectivity index (χ4n) is 3.88. The van der Waals surface area contributed by atoms with Crippen LogP contribution >= 0.6 is 15.9 Å². The van der Waals surface area contributed by atoms with Gasteiger partial charge in [-0.15, -0.1) is 0 Å². The molecule has 0 radical (unpaired) electrons. The van der Waals surface area contributed by atoms with Crippen LogP contribution in [0.1, 0.15) is 0 Å². The summed E-state index contributed by atoms with van der Waals surface area (Å²) in [6.45, 7) is 0.160. The van der Waals surface area contributed by atoms with Gasteiger partial charge in [-0.2, -0.15) is 0 Å². The number of anilines is 2. The van der Waals surface area contributed by atoms with Crippen molar-refractivity contribution in [1.29, 1.82) is 0 Å². The molecular weight excluding hydrogens is 495 g/mol. The van der Waals surface area contributed by atoms with E-state index < -0.39 is 36.1 Å². The van der Waals surface area contributed by atoms with Gasteiger partial charge in [0.1, 0.15) is 30.2 Å². The molecular formula is C21H17BrF3N3O4. The molecule has 32 heavy (non-hydrogen) atoms. The van der Waals surface area contributed by atoms with Crippen molar-refractivity contribution in [2.24, 2.45) is 0 Å². The van der Waals surface area contributed by atoms with Crippen LogP contribution in [0.15, 0.2) is 35.1 Å². The van der Waals surface area contributed by atoms with Crippen molar-refractivity contribution in [3.63, 3.8) is 0 Å². The largest absolute Gasteiger partial charge is 0.493 e. The highest BCUT2D eigenvalue weighted by Crippen LogP contribution is 2.39. The number of ether oxygens (including phenoxy) is 4. The molecule has 7 nitrogen and oxygen atoms in total. The van der Waals surface area contributed by atoms with E-state index in [9.17, 15) is 13.2 Å². The third kappa shape index (κ3) is 3.74. The number of benzene rings is 2. The number of nitrogens with one attached hydrogen (secondary N) is 1. The zero-order valence-corrected chi connectivity index (χ0v) is 18.2. The summed E-state index contributed by atoms with van der Waals surface area (Å²) >= 11 is 3.15. The number of nitrogens with zero attached hydrogens (tertiary/aromatic N) is 2. The first-order valence-electron chi connectivity index (χ1n) is 9.73. The second kappa shape index (κ2) is 8.38. The molecule has 2 aliphatic heterocycles. The number of aromatic nitrogens is 2. The van der Waals surface area contributed by atoms with Crippen LogP contribution in [0.5, 0.6) is 11.5 Å². The predicted molar refractivity (Wildman–Crippen MR) is 112 cm³/mol. The highest BCUT2D eigenvalue weighted by Gasteiger charge is 2.49. The number of methoxy groups -OCH3 is 1. The van der Waals surface area contributed by atoms with Crippen LogP contribution in [0.25, 0.3) is 10.9 Å². The minimum absolute atomic E-state index is 0.0260. The third-order valence-corrected chi connectivity index (χ3v) is 6.02. The predicted octanol–water partition coefficient (Wildman–Crippen LogP) is 4.31. The van der Waals surface area contributed by atoms with E-state index in [4.69, 9.17) is 18.9 Å². The van der Waals surface area contributed by atoms with Crippen LogP contribution in [-0.4, -0.2) is 54.8 Å². The van der Waals surface area contributed by atoms with Gasteiger partial charge in [-0.25, -0.2) is 23.1 Å². The molecule has 0 amide bonds. The first-order chi connectivity index (χ1) is 15.4. The lowest BCUT2D eigenvalue weighted by atomic mass is 10.1. The zero-order valence-electron chi connectivity index (χ0n) is 16.6. The molecule has 11 heteroatoms. The summed E-state index contributed by atoms with van der Waals surface area (Å²) in [6.07, 6.45) is -1.53. The number of hydrogen-bond donors (Lipinski definition) is 1. The van der Waals surface area contributed by atoms with E-state index in [1.54, 1.807) is 12.1 Å². The lowest BCUT2D eigenvalue weighted by Gasteiger charge is -2.20. The molecule has 3 heterocycles. The lowest BCUT2D eigenvalue weighted by molar-refractivity contribution is 0.0271. The van der Waals surface area contributed by atoms with Crippen molar-refractivity contribution >= 4 is 38.3 Å². The second-order valence-corrected chi connectivity index (χ2v) is 8.23. The summed E-state index contributed by atoms with van der Waals surface area (Å²) in [4.78, 5) is 8.44. The summed E-state index contributed by atoms with van der Waals surface area (Å²) in [7, 11) is 1.47. The van der Waals surface area contributed by atoms with Crippen molar-refractivity contribution < 1.29 is 32.1 Å². The highest BCUT2D eigenvalue weighted by atomic mass is 79.9. The van der Waals surface area contributed by atoms with Crippen LogP contribution in [-0.2, 0) is 9.47 Å². The van der Waals surface area contributed by atoms with Gasteiger partial charge in [0.2, 0.25) is 0 Å². The Morgan fingerprint density at radius 1 is 1.06 bits per heavy atom. The Labute approximate surface area is 189 Å². The maximum Gasteiger partial charge on any atom is 0.164 e. The average Bonchev–Trinajstić information content (AvgIpc) is 3.33. The fourth-order valence-corrected chi connectivity index (χ4v) is 4.38. The summed E-state index contributed by atoms with van der Waals surface area (Å²) in [5.74, 6) is -0.464. The Balaban J connectivity index is 1.48. The van der Waals surface area contributed by atoms with Crippen molar-refractivity contribution in [3.05, 3.63) is 46.7 Å². The Morgan fingerprint density at radius 2 is 1.88 bits per heavy atom. The van der Waals surface area contributed by atoms with Gasteiger partial charge in [-0.05, 0) is 28.1 Å². The van der Waals surface area contributed by atoms with E-state index in [0.717, 1.165) is 12.1 Å². The second-order valence-electron chi connectivity index (χ2n) is 7.38. The third-order valence-electron chi connectivity index (χ3n) is 5.40. The summed E-state index contributed by atoms with van der Waals surface area (Å²) in [5.41, 5.74) is 0.516. The van der Waals surface area contributed by atoms with Crippen molar-refractivity contribution in [2.75, 3.05) is 25.6 Å². The van der Waals surface area contributed by atoms with E-state index in [1.807, 2.05) is 0 Å². The summed E-state index contributed by atoms with van der Waals surface area (Å²) in [6, 6.07) is 5.20. The van der Waals surface area contributed by atoms with Crippen molar-refractivity contribution in [2.45, 2.75) is 24.5 Å². The number of alkyl halides is 1. The topological polar surface area (TPSA) is 74.7 Å². The van der Waals surface area contributed by atoms with Gasteiger partial charge >= 0.3 is 0 Å². The quantitative estimate of drug-likeness (QED) is 0.547. The van der Waals surface area contributed by atoms with Gasteiger partial charge < -0.3 is 24.3 Å². The lowest BCUT2D eigenvalue weighted by Crippen LogP contribution is -2.33. The van der Waals surface area contributed by atoms with Gasteiger partial charge in [0.05, 0.1) is 31.5 Å². The minimum atomic E-state index is -1.18. The van der Waals surface area contributed by atoms with Gasteiger partial charge in [0, 0.05) is 22.0 Å². The molecule has 2 aliphatic rings. The maximum atomic E-state index is 14.3. The Bertz CT molecular complexity index is 1160. The van der Waals surface area contributed by atoms with Crippen LogP contribution < -0.4 is 14.8 Å². The summed E-state index contributed by atoms with van der Waals surface area (Å²) in [5, 5.41) is 3.39. The summed E-state index contributed by atoms with van der Waals surface area (Å²) < 4.78 is 64.2. The zero-order chi connectivity index (χ0) is 22.4. The number of rotatable bonds is 5. The molecule has 1 N–H and O–H groups in total. The van der Waals surface area contributed by atoms with E-state index in [1.165, 1.54) is 13.4 Å². The molecule has 0 spiro atoms. The molecule has 4 atom stereocenters. The Hall–Kier alpha value is -2.63. The fraction of sp³-hybridized carbons (Fsp3) is 0.333. The molecule has 0 saturated carbocycles. The van der Waals surface area contributed by atoms with Gasteiger partial charge in [0.15, 0.2) is 29.6 Å². The van der Waals surface area contributed by atoms with Crippen molar-refractivity contribution in [3.8, 4) is 11.5 Å². The Kier molecular flexibility index (Phi) is 5.56. The molecule has 0 bridgehead atoms. The number of fused-ring (bicyclic) bond motifs is 2. The molecule has 2 saturated heterocycles. The van der Waals surface area contributed by atoms with Crippen LogP contribution in [0.2, 0.25) is 0 Å². The van der Waals surface area contributed by atoms with E-state index in [0.29, 0.717) is 22.4 Å². The minimum Gasteiger partial charge on any atom is -0.493 e. The standard InChI is InChI=1S/C21H17BrF3N3O4/c1-29-15-4-10-14(5-16(15)32-17-7-31-19-13(25)6-30-20(17)19)26-8-27-21(10)28-18-11(22)2-9(23)3-12(18)24/h2-5,8,13,17,19-20H,6-7H2,1H3,(H,26,27,28)/t13-,17-,19+,20?/m1/s1. The SMILES string of the molecule is COc1cc2c(Nc3c(F)cc(F)cc3Br)ncnc2cc1O[C@@H]1CO[C@@H]2C1OC[C@H]2F. The van der Waals surface area contributed by atoms with Crippen LogP contribution in [0.3, 0.4) is 0 Å². The maximum absolute atomic E-state index is 14.3. The van der Waals surface area contributed by atoms with E-state index in [-0.39, 0.29) is 29.2 Å². The smallest absolute Gasteiger partial charge is 0.164 e. The normalized spacial score (nSPS) is 24.5. The molecule has 2 aromatic carbocycles. The molecule has 1 unspecified atom stereocenters.